The normalized spacial score (nSPS) is 25.1. The lowest BCUT2D eigenvalue weighted by Crippen LogP contribution is -2.42. The molecule has 2 heterocycles. The van der Waals surface area contributed by atoms with Gasteiger partial charge in [-0.05, 0) is 32.1 Å². The molecule has 0 aliphatic carbocycles. The molecule has 1 aromatic heterocycles. The van der Waals surface area contributed by atoms with E-state index in [0.717, 1.165) is 30.0 Å². The Labute approximate surface area is 102 Å². The second-order valence-corrected chi connectivity index (χ2v) is 5.47. The van der Waals surface area contributed by atoms with Crippen LogP contribution in [0.25, 0.3) is 0 Å². The quantitative estimate of drug-likeness (QED) is 0.810. The first kappa shape index (κ1) is 12.1. The number of amides is 1. The summed E-state index contributed by atoms with van der Waals surface area (Å²) < 4.78 is 0. The number of aromatic nitrogens is 2. The fourth-order valence-electron chi connectivity index (χ4n) is 2.85. The molecule has 0 aromatic carbocycles. The Morgan fingerprint density at radius 1 is 1.29 bits per heavy atom. The van der Waals surface area contributed by atoms with E-state index in [1.807, 2.05) is 18.7 Å². The van der Waals surface area contributed by atoms with Crippen LogP contribution in [0.15, 0.2) is 0 Å². The van der Waals surface area contributed by atoms with Crippen LogP contribution in [-0.4, -0.2) is 34.1 Å². The number of rotatable bonds is 1. The molecule has 0 radical (unpaired) electrons. The second-order valence-electron chi connectivity index (χ2n) is 5.47. The fraction of sp³-hybridized carbons (Fsp3) is 0.692. The number of nitrogens with zero attached hydrogens (tertiary/aromatic N) is 2. The lowest BCUT2D eigenvalue weighted by molar-refractivity contribution is 0.0621. The summed E-state index contributed by atoms with van der Waals surface area (Å²) in [6.45, 7) is 9.95. The molecule has 0 bridgehead atoms. The van der Waals surface area contributed by atoms with Crippen LogP contribution in [0.1, 0.15) is 42.0 Å². The minimum atomic E-state index is 0.132. The molecular formula is C13H21N3O. The number of aromatic amines is 1. The van der Waals surface area contributed by atoms with E-state index in [9.17, 15) is 4.79 Å². The Morgan fingerprint density at radius 2 is 1.88 bits per heavy atom. The molecule has 1 amide bonds. The second kappa shape index (κ2) is 4.51. The van der Waals surface area contributed by atoms with Gasteiger partial charge in [0.2, 0.25) is 0 Å². The Morgan fingerprint density at radius 3 is 2.35 bits per heavy atom. The number of nitrogens with one attached hydrogen (secondary N) is 1. The summed E-state index contributed by atoms with van der Waals surface area (Å²) in [6, 6.07) is 0. The van der Waals surface area contributed by atoms with Gasteiger partial charge in [-0.25, -0.2) is 0 Å². The molecule has 17 heavy (non-hydrogen) atoms. The lowest BCUT2D eigenvalue weighted by atomic mass is 9.91. The van der Waals surface area contributed by atoms with Gasteiger partial charge in [-0.15, -0.1) is 0 Å². The van der Waals surface area contributed by atoms with Crippen LogP contribution in [0.5, 0.6) is 0 Å². The Hall–Kier alpha value is -1.32. The Bertz CT molecular complexity index is 395. The van der Waals surface area contributed by atoms with Crippen molar-refractivity contribution in [3.05, 3.63) is 17.0 Å². The average molecular weight is 235 g/mol. The number of aryl methyl sites for hydroxylation is 2. The SMILES string of the molecule is Cc1n[nH]c(C)c1C(=O)N1CC(C)CC(C)C1. The van der Waals surface area contributed by atoms with Crippen LogP contribution in [0.2, 0.25) is 0 Å². The van der Waals surface area contributed by atoms with Crippen molar-refractivity contribution in [3.8, 4) is 0 Å². The van der Waals surface area contributed by atoms with Crippen LogP contribution in [0.3, 0.4) is 0 Å². The summed E-state index contributed by atoms with van der Waals surface area (Å²) in [5.74, 6) is 1.32. The fourth-order valence-corrected chi connectivity index (χ4v) is 2.85. The van der Waals surface area contributed by atoms with Gasteiger partial charge in [-0.3, -0.25) is 9.89 Å². The monoisotopic (exact) mass is 235 g/mol. The minimum absolute atomic E-state index is 0.132. The standard InChI is InChI=1S/C13H21N3O/c1-8-5-9(2)7-16(6-8)13(17)12-10(3)14-15-11(12)4/h8-9H,5-7H2,1-4H3,(H,14,15). The molecule has 4 nitrogen and oxygen atoms in total. The molecule has 2 atom stereocenters. The van der Waals surface area contributed by atoms with E-state index in [4.69, 9.17) is 0 Å². The molecule has 1 N–H and O–H groups in total. The molecule has 2 unspecified atom stereocenters. The molecule has 1 saturated heterocycles. The van der Waals surface area contributed by atoms with Gasteiger partial charge in [-0.2, -0.15) is 5.10 Å². The number of likely N-dealkylation sites (tertiary alicyclic amines) is 1. The topological polar surface area (TPSA) is 49.0 Å². The van der Waals surface area contributed by atoms with E-state index in [1.165, 1.54) is 6.42 Å². The van der Waals surface area contributed by atoms with Gasteiger partial charge in [0.1, 0.15) is 0 Å². The number of piperidine rings is 1. The van der Waals surface area contributed by atoms with E-state index in [1.54, 1.807) is 0 Å². The van der Waals surface area contributed by atoms with E-state index in [0.29, 0.717) is 11.8 Å². The van der Waals surface area contributed by atoms with Crippen molar-refractivity contribution in [3.63, 3.8) is 0 Å². The van der Waals surface area contributed by atoms with Crippen molar-refractivity contribution in [1.29, 1.82) is 0 Å². The highest BCUT2D eigenvalue weighted by molar-refractivity contribution is 5.96. The predicted molar refractivity (Wildman–Crippen MR) is 66.9 cm³/mol. The van der Waals surface area contributed by atoms with E-state index >= 15 is 0 Å². The highest BCUT2D eigenvalue weighted by Gasteiger charge is 2.28. The van der Waals surface area contributed by atoms with Crippen molar-refractivity contribution in [2.45, 2.75) is 34.1 Å². The van der Waals surface area contributed by atoms with Crippen LogP contribution in [0.4, 0.5) is 0 Å². The van der Waals surface area contributed by atoms with Crippen molar-refractivity contribution in [2.24, 2.45) is 11.8 Å². The molecule has 94 valence electrons. The number of hydrogen-bond acceptors (Lipinski definition) is 2. The summed E-state index contributed by atoms with van der Waals surface area (Å²) in [5.41, 5.74) is 2.43. The molecule has 1 aliphatic rings. The molecule has 4 heteroatoms. The largest absolute Gasteiger partial charge is 0.338 e. The first-order chi connectivity index (χ1) is 7.99. The lowest BCUT2D eigenvalue weighted by Gasteiger charge is -2.35. The van der Waals surface area contributed by atoms with Gasteiger partial charge in [-0.1, -0.05) is 13.8 Å². The van der Waals surface area contributed by atoms with E-state index in [2.05, 4.69) is 24.0 Å². The third-order valence-electron chi connectivity index (χ3n) is 3.50. The zero-order valence-corrected chi connectivity index (χ0v) is 11.1. The highest BCUT2D eigenvalue weighted by Crippen LogP contribution is 2.23. The van der Waals surface area contributed by atoms with Gasteiger partial charge >= 0.3 is 0 Å². The van der Waals surface area contributed by atoms with Crippen molar-refractivity contribution >= 4 is 5.91 Å². The van der Waals surface area contributed by atoms with E-state index in [-0.39, 0.29) is 5.91 Å². The molecule has 1 aliphatic heterocycles. The van der Waals surface area contributed by atoms with Gasteiger partial charge < -0.3 is 4.90 Å². The van der Waals surface area contributed by atoms with Crippen molar-refractivity contribution in [1.82, 2.24) is 15.1 Å². The number of carbonyl (C=O) groups excluding carboxylic acids is 1. The maximum Gasteiger partial charge on any atom is 0.257 e. The number of carbonyl (C=O) groups is 1. The Balaban J connectivity index is 2.20. The molecule has 2 rings (SSSR count). The summed E-state index contributed by atoms with van der Waals surface area (Å²) in [6.07, 6.45) is 1.22. The first-order valence-corrected chi connectivity index (χ1v) is 6.30. The van der Waals surface area contributed by atoms with E-state index < -0.39 is 0 Å². The van der Waals surface area contributed by atoms with Gasteiger partial charge in [0, 0.05) is 18.8 Å². The van der Waals surface area contributed by atoms with Crippen LogP contribution in [-0.2, 0) is 0 Å². The maximum absolute atomic E-state index is 12.5. The maximum atomic E-state index is 12.5. The Kier molecular flexibility index (Phi) is 3.22. The van der Waals surface area contributed by atoms with Crippen molar-refractivity contribution < 1.29 is 4.79 Å². The van der Waals surface area contributed by atoms with Crippen molar-refractivity contribution in [2.75, 3.05) is 13.1 Å². The predicted octanol–water partition coefficient (Wildman–Crippen LogP) is 2.14. The third kappa shape index (κ3) is 2.35. The zero-order chi connectivity index (χ0) is 12.6. The van der Waals surface area contributed by atoms with Crippen LogP contribution >= 0.6 is 0 Å². The average Bonchev–Trinajstić information content (AvgIpc) is 2.56. The zero-order valence-electron chi connectivity index (χ0n) is 11.1. The smallest absolute Gasteiger partial charge is 0.257 e. The van der Waals surface area contributed by atoms with Gasteiger partial charge in [0.15, 0.2) is 0 Å². The number of hydrogen-bond donors (Lipinski definition) is 1. The molecule has 0 saturated carbocycles. The van der Waals surface area contributed by atoms with Crippen LogP contribution < -0.4 is 0 Å². The molecule has 1 fully saturated rings. The summed E-state index contributed by atoms with van der Waals surface area (Å²) >= 11 is 0. The first-order valence-electron chi connectivity index (χ1n) is 6.30. The van der Waals surface area contributed by atoms with Gasteiger partial charge in [0.05, 0.1) is 11.3 Å². The van der Waals surface area contributed by atoms with Gasteiger partial charge in [0.25, 0.3) is 5.91 Å². The molecule has 0 spiro atoms. The van der Waals surface area contributed by atoms with Crippen LogP contribution in [0, 0.1) is 25.7 Å². The third-order valence-corrected chi connectivity index (χ3v) is 3.50. The molecular weight excluding hydrogens is 214 g/mol. The summed E-state index contributed by atoms with van der Waals surface area (Å²) in [5, 5.41) is 6.98. The number of H-pyrrole nitrogens is 1. The molecule has 1 aromatic rings. The summed E-state index contributed by atoms with van der Waals surface area (Å²) in [7, 11) is 0. The highest BCUT2D eigenvalue weighted by atomic mass is 16.2. The summed E-state index contributed by atoms with van der Waals surface area (Å²) in [4.78, 5) is 14.4. The minimum Gasteiger partial charge on any atom is -0.338 e.